The van der Waals surface area contributed by atoms with Crippen LogP contribution in [0.25, 0.3) is 21.3 Å². The van der Waals surface area contributed by atoms with Gasteiger partial charge >= 0.3 is 21.7 Å². The Balaban J connectivity index is -0.000000137. The maximum atomic E-state index is 4.29. The molecule has 0 bridgehead atoms. The topological polar surface area (TPSA) is 56.4 Å². The van der Waals surface area contributed by atoms with E-state index in [2.05, 4.69) is 62.8 Å². The molecule has 0 aliphatic rings. The monoisotopic (exact) mass is 304 g/mol. The van der Waals surface area contributed by atoms with Gasteiger partial charge in [-0.25, -0.2) is 12.4 Å². The third kappa shape index (κ3) is 57.0. The predicted molar refractivity (Wildman–Crippen MR) is 85.8 cm³/mol. The second-order valence-electron chi connectivity index (χ2n) is 5.79. The minimum Gasteiger partial charge on any atom is -0.687 e. The van der Waals surface area contributed by atoms with Crippen molar-refractivity contribution in [2.75, 3.05) is 28.2 Å². The third-order valence-corrected chi connectivity index (χ3v) is 0.990. The smallest absolute Gasteiger partial charge is 0.687 e. The van der Waals surface area contributed by atoms with E-state index in [9.17, 15) is 0 Å². The summed E-state index contributed by atoms with van der Waals surface area (Å²) in [6, 6.07) is 0. The first kappa shape index (κ1) is 27.3. The van der Waals surface area contributed by atoms with Crippen molar-refractivity contribution in [3.8, 4) is 0 Å². The number of hydrogen-bond donors (Lipinski definition) is 0. The van der Waals surface area contributed by atoms with Crippen molar-refractivity contribution in [2.45, 2.75) is 52.6 Å². The zero-order valence-electron chi connectivity index (χ0n) is 14.4. The van der Waals surface area contributed by atoms with Crippen LogP contribution in [0, 0.1) is 0 Å². The molecule has 0 amide bonds. The summed E-state index contributed by atoms with van der Waals surface area (Å²) in [5, 5.41) is 15.6. The fourth-order valence-corrected chi connectivity index (χ4v) is 0.514. The van der Waals surface area contributed by atoms with Crippen LogP contribution in [-0.4, -0.2) is 39.3 Å². The van der Waals surface area contributed by atoms with E-state index in [1.807, 2.05) is 0 Å². The first-order valence-electron chi connectivity index (χ1n) is 6.09. The van der Waals surface area contributed by atoms with E-state index >= 15 is 0 Å². The SMILES string of the molecule is CC(C)(C)[N-]/C=C\[N-]C(C)(C)C.C[N-]C.C[N-]C.[Ti+4]. The van der Waals surface area contributed by atoms with Crippen LogP contribution in [0.3, 0.4) is 0 Å². The summed E-state index contributed by atoms with van der Waals surface area (Å²) in [5.41, 5.74) is 0.00775. The van der Waals surface area contributed by atoms with Gasteiger partial charge in [0.25, 0.3) is 0 Å². The molecule has 0 radical (unpaired) electrons. The van der Waals surface area contributed by atoms with Crippen LogP contribution >= 0.6 is 0 Å². The molecule has 0 N–H and O–H groups in total. The maximum absolute atomic E-state index is 4.29. The normalized spacial score (nSPS) is 10.4. The summed E-state index contributed by atoms with van der Waals surface area (Å²) in [5.74, 6) is 0. The average Bonchev–Trinajstić information content (AvgIpc) is 2.12. The Bertz CT molecular complexity index is 161. The van der Waals surface area contributed by atoms with E-state index in [1.165, 1.54) is 0 Å². The molecular weight excluding hydrogens is 272 g/mol. The van der Waals surface area contributed by atoms with E-state index < -0.39 is 0 Å². The van der Waals surface area contributed by atoms with Crippen LogP contribution in [0.15, 0.2) is 12.4 Å². The summed E-state index contributed by atoms with van der Waals surface area (Å²) in [6.45, 7) is 12.4. The second-order valence-corrected chi connectivity index (χ2v) is 5.79. The Hall–Kier alpha value is -0.0257. The van der Waals surface area contributed by atoms with Gasteiger partial charge in [0.15, 0.2) is 0 Å². The van der Waals surface area contributed by atoms with Gasteiger partial charge in [0.2, 0.25) is 0 Å². The molecule has 0 unspecified atom stereocenters. The van der Waals surface area contributed by atoms with E-state index in [4.69, 9.17) is 0 Å². The molecule has 0 atom stereocenters. The van der Waals surface area contributed by atoms with Gasteiger partial charge in [-0.3, -0.25) is 0 Å². The molecule has 0 aliphatic carbocycles. The molecule has 5 heteroatoms. The van der Waals surface area contributed by atoms with Gasteiger partial charge in [-0.1, -0.05) is 41.5 Å². The first-order valence-corrected chi connectivity index (χ1v) is 6.09. The molecule has 0 fully saturated rings. The van der Waals surface area contributed by atoms with Crippen molar-refractivity contribution in [3.05, 3.63) is 33.7 Å². The molecular formula is C14H32N4Ti. The second kappa shape index (κ2) is 16.0. The molecule has 0 aromatic rings. The fraction of sp³-hybridized carbons (Fsp3) is 0.857. The molecule has 0 saturated carbocycles. The van der Waals surface area contributed by atoms with E-state index in [0.29, 0.717) is 0 Å². The van der Waals surface area contributed by atoms with E-state index in [1.54, 1.807) is 40.6 Å². The van der Waals surface area contributed by atoms with Crippen molar-refractivity contribution in [2.24, 2.45) is 0 Å². The summed E-state index contributed by atoms with van der Waals surface area (Å²) >= 11 is 0. The standard InChI is InChI=1S/C10H20N2.2C2H6N.Ti/c1-9(2,3)11-7-8-12-10(4,5)6;2*1-3-2;/h7-8H,1-6H3;2*1-2H3;/q-2;2*-1;+4/b8-7-;;;. The minimum absolute atomic E-state index is 0. The quantitative estimate of drug-likeness (QED) is 0.642. The predicted octanol–water partition coefficient (Wildman–Crippen LogP) is 5.04. The number of rotatable bonds is 2. The van der Waals surface area contributed by atoms with Crippen molar-refractivity contribution in [1.29, 1.82) is 0 Å². The Morgan fingerprint density at radius 3 is 0.842 bits per heavy atom. The zero-order valence-corrected chi connectivity index (χ0v) is 16.0. The summed E-state index contributed by atoms with van der Waals surface area (Å²) in [6.07, 6.45) is 3.54. The van der Waals surface area contributed by atoms with Gasteiger partial charge in [-0.05, 0) is 0 Å². The molecule has 19 heavy (non-hydrogen) atoms. The molecule has 0 spiro atoms. The van der Waals surface area contributed by atoms with E-state index in [0.717, 1.165) is 0 Å². The van der Waals surface area contributed by atoms with Crippen molar-refractivity contribution < 1.29 is 21.7 Å². The molecule has 0 aliphatic heterocycles. The van der Waals surface area contributed by atoms with Crippen LogP contribution in [0.2, 0.25) is 0 Å². The minimum atomic E-state index is 0. The van der Waals surface area contributed by atoms with Crippen LogP contribution < -0.4 is 0 Å². The van der Waals surface area contributed by atoms with Crippen molar-refractivity contribution >= 4 is 0 Å². The molecule has 4 nitrogen and oxygen atoms in total. The van der Waals surface area contributed by atoms with Crippen LogP contribution in [0.1, 0.15) is 41.5 Å². The molecule has 0 aromatic heterocycles. The maximum Gasteiger partial charge on any atom is 4.00 e. The number of hydrogen-bond acceptors (Lipinski definition) is 0. The first-order chi connectivity index (χ1) is 8.04. The summed E-state index contributed by atoms with van der Waals surface area (Å²) in [7, 11) is 7.00. The van der Waals surface area contributed by atoms with Crippen LogP contribution in [0.5, 0.6) is 0 Å². The van der Waals surface area contributed by atoms with Gasteiger partial charge in [0.05, 0.1) is 0 Å². The summed E-state index contributed by atoms with van der Waals surface area (Å²) in [4.78, 5) is 0. The molecule has 0 aromatic carbocycles. The molecule has 112 valence electrons. The number of nitrogens with zero attached hydrogens (tertiary/aromatic N) is 4. The zero-order chi connectivity index (χ0) is 15.2. The third-order valence-electron chi connectivity index (χ3n) is 0.990. The molecule has 0 rings (SSSR count). The van der Waals surface area contributed by atoms with Gasteiger partial charge in [-0.15, -0.1) is 11.1 Å². The Kier molecular flexibility index (Phi) is 23.1. The fourth-order valence-electron chi connectivity index (χ4n) is 0.514. The molecule has 0 heterocycles. The molecule has 0 saturated heterocycles. The Labute approximate surface area is 136 Å². The average molecular weight is 304 g/mol. The van der Waals surface area contributed by atoms with Gasteiger partial charge in [-0.2, -0.15) is 28.2 Å². The van der Waals surface area contributed by atoms with Crippen LogP contribution in [-0.2, 0) is 21.7 Å². The van der Waals surface area contributed by atoms with Gasteiger partial charge in [0, 0.05) is 0 Å². The van der Waals surface area contributed by atoms with Gasteiger partial charge in [0.1, 0.15) is 0 Å². The Morgan fingerprint density at radius 1 is 0.579 bits per heavy atom. The van der Waals surface area contributed by atoms with E-state index in [-0.39, 0.29) is 32.8 Å². The van der Waals surface area contributed by atoms with Gasteiger partial charge < -0.3 is 21.3 Å². The van der Waals surface area contributed by atoms with Crippen molar-refractivity contribution in [1.82, 2.24) is 0 Å². The largest absolute Gasteiger partial charge is 4.00 e. The van der Waals surface area contributed by atoms with Crippen molar-refractivity contribution in [3.63, 3.8) is 0 Å². The summed E-state index contributed by atoms with van der Waals surface area (Å²) < 4.78 is 0. The Morgan fingerprint density at radius 2 is 0.737 bits per heavy atom. The van der Waals surface area contributed by atoms with Crippen LogP contribution in [0.4, 0.5) is 0 Å².